The van der Waals surface area contributed by atoms with Crippen molar-refractivity contribution in [2.75, 3.05) is 18.5 Å². The summed E-state index contributed by atoms with van der Waals surface area (Å²) in [4.78, 5) is 23.3. The number of fused-ring (bicyclic) bond motifs is 1. The molecule has 6 N–H and O–H groups in total. The van der Waals surface area contributed by atoms with Crippen LogP contribution in [-0.4, -0.2) is 40.3 Å². The number of halogens is 2. The molecule has 0 saturated carbocycles. The number of carboxylic acids is 1. The van der Waals surface area contributed by atoms with E-state index in [0.717, 1.165) is 0 Å². The summed E-state index contributed by atoms with van der Waals surface area (Å²) in [6.45, 7) is 0.472. The summed E-state index contributed by atoms with van der Waals surface area (Å²) in [5.74, 6) is -1.29. The fourth-order valence-electron chi connectivity index (χ4n) is 2.30. The molecule has 1 aliphatic heterocycles. The third kappa shape index (κ3) is 4.95. The molecule has 9 heteroatoms. The van der Waals surface area contributed by atoms with E-state index in [4.69, 9.17) is 15.9 Å². The zero-order chi connectivity index (χ0) is 20.1. The van der Waals surface area contributed by atoms with Crippen LogP contribution in [0.5, 0.6) is 5.75 Å². The standard InChI is InChI=1S/C16H9Br2NO4.C2H7NO/c17-11-4-7(5-12(18)14(11)20)3-10-9-6-8(16(22)23)1-2-13(9)19-15(10)21;3-1-2-4/h1-6,20H,(H,19,21)(H,22,23);4H,1-3H2. The summed E-state index contributed by atoms with van der Waals surface area (Å²) < 4.78 is 0.966. The summed E-state index contributed by atoms with van der Waals surface area (Å²) in [6, 6.07) is 7.81. The van der Waals surface area contributed by atoms with Gasteiger partial charge in [-0.1, -0.05) is 0 Å². The molecule has 0 saturated heterocycles. The van der Waals surface area contributed by atoms with Crippen molar-refractivity contribution >= 4 is 61.1 Å². The number of phenolic OH excluding ortho intramolecular Hbond substituents is 1. The van der Waals surface area contributed by atoms with Gasteiger partial charge in [-0.05, 0) is 73.8 Å². The highest BCUT2D eigenvalue weighted by Crippen LogP contribution is 2.37. The largest absolute Gasteiger partial charge is 0.506 e. The number of rotatable bonds is 3. The summed E-state index contributed by atoms with van der Waals surface area (Å²) in [7, 11) is 0. The van der Waals surface area contributed by atoms with Crippen molar-refractivity contribution < 1.29 is 24.9 Å². The number of aromatic hydroxyl groups is 1. The van der Waals surface area contributed by atoms with Crippen LogP contribution in [0.1, 0.15) is 21.5 Å². The molecule has 2 aromatic carbocycles. The van der Waals surface area contributed by atoms with Crippen LogP contribution in [0.25, 0.3) is 11.6 Å². The number of phenols is 1. The number of hydrogen-bond donors (Lipinski definition) is 5. The average Bonchev–Trinajstić information content (AvgIpc) is 2.94. The van der Waals surface area contributed by atoms with Crippen molar-refractivity contribution in [3.05, 3.63) is 56.0 Å². The van der Waals surface area contributed by atoms with Gasteiger partial charge in [-0.3, -0.25) is 4.79 Å². The number of amides is 1. The predicted octanol–water partition coefficient (Wildman–Crippen LogP) is 3.05. The number of carboxylic acid groups (broad SMARTS) is 1. The van der Waals surface area contributed by atoms with Crippen LogP contribution in [0.4, 0.5) is 5.69 Å². The summed E-state index contributed by atoms with van der Waals surface area (Å²) in [5.41, 5.74) is 7.05. The maximum absolute atomic E-state index is 12.2. The molecular formula is C18H16Br2N2O5. The quantitative estimate of drug-likeness (QED) is 0.412. The van der Waals surface area contributed by atoms with E-state index >= 15 is 0 Å². The van der Waals surface area contributed by atoms with E-state index in [9.17, 15) is 14.7 Å². The molecule has 1 aliphatic rings. The lowest BCUT2D eigenvalue weighted by Crippen LogP contribution is -2.03. The molecule has 1 amide bonds. The van der Waals surface area contributed by atoms with Crippen LogP contribution in [0, 0.1) is 0 Å². The Bertz CT molecular complexity index is 903. The number of hydrogen-bond acceptors (Lipinski definition) is 5. The minimum absolute atomic E-state index is 0.0663. The Balaban J connectivity index is 0.000000596. The van der Waals surface area contributed by atoms with Gasteiger partial charge in [0.05, 0.1) is 21.1 Å². The Morgan fingerprint density at radius 1 is 1.19 bits per heavy atom. The second-order valence-corrected chi connectivity index (χ2v) is 7.13. The van der Waals surface area contributed by atoms with Gasteiger partial charge in [0, 0.05) is 23.4 Å². The zero-order valence-electron chi connectivity index (χ0n) is 13.9. The van der Waals surface area contributed by atoms with Crippen LogP contribution in [0.2, 0.25) is 0 Å². The van der Waals surface area contributed by atoms with Gasteiger partial charge < -0.3 is 26.4 Å². The van der Waals surface area contributed by atoms with E-state index in [1.54, 1.807) is 24.3 Å². The first-order valence-electron chi connectivity index (χ1n) is 7.68. The topological polar surface area (TPSA) is 133 Å². The number of aliphatic hydroxyl groups excluding tert-OH is 1. The monoisotopic (exact) mass is 498 g/mol. The van der Waals surface area contributed by atoms with E-state index in [1.165, 1.54) is 12.1 Å². The van der Waals surface area contributed by atoms with Crippen molar-refractivity contribution in [3.8, 4) is 5.75 Å². The maximum atomic E-state index is 12.2. The fraction of sp³-hybridized carbons (Fsp3) is 0.111. The van der Waals surface area contributed by atoms with Crippen molar-refractivity contribution in [3.63, 3.8) is 0 Å². The van der Waals surface area contributed by atoms with Crippen molar-refractivity contribution in [2.45, 2.75) is 0 Å². The third-order valence-corrected chi connectivity index (χ3v) is 4.74. The summed E-state index contributed by atoms with van der Waals surface area (Å²) in [6.07, 6.45) is 1.64. The molecule has 0 atom stereocenters. The molecule has 1 heterocycles. The number of nitrogens with one attached hydrogen (secondary N) is 1. The van der Waals surface area contributed by atoms with Crippen LogP contribution in [0.15, 0.2) is 39.3 Å². The normalized spacial score (nSPS) is 13.6. The molecule has 142 valence electrons. The number of nitrogens with two attached hydrogens (primary N) is 1. The second-order valence-electron chi connectivity index (χ2n) is 5.42. The molecule has 0 radical (unpaired) electrons. The fourth-order valence-corrected chi connectivity index (χ4v) is 3.52. The van der Waals surface area contributed by atoms with Crippen molar-refractivity contribution in [1.82, 2.24) is 0 Å². The number of aliphatic hydroxyl groups is 1. The van der Waals surface area contributed by atoms with Crippen LogP contribution in [0.3, 0.4) is 0 Å². The molecule has 0 spiro atoms. The molecule has 2 aromatic rings. The first kappa shape index (κ1) is 21.1. The number of carbonyl (C=O) groups is 2. The predicted molar refractivity (Wildman–Crippen MR) is 110 cm³/mol. The van der Waals surface area contributed by atoms with Gasteiger partial charge in [-0.2, -0.15) is 0 Å². The highest BCUT2D eigenvalue weighted by atomic mass is 79.9. The number of carbonyl (C=O) groups excluding carboxylic acids is 1. The maximum Gasteiger partial charge on any atom is 0.335 e. The zero-order valence-corrected chi connectivity index (χ0v) is 17.0. The van der Waals surface area contributed by atoms with Gasteiger partial charge in [-0.15, -0.1) is 0 Å². The van der Waals surface area contributed by atoms with E-state index < -0.39 is 5.97 Å². The number of anilines is 1. The molecule has 0 fully saturated rings. The lowest BCUT2D eigenvalue weighted by atomic mass is 10.0. The van der Waals surface area contributed by atoms with E-state index in [-0.39, 0.29) is 23.8 Å². The SMILES string of the molecule is NCCO.O=C1Nc2ccc(C(=O)O)cc2C1=Cc1cc(Br)c(O)c(Br)c1. The summed E-state index contributed by atoms with van der Waals surface area (Å²) in [5, 5.41) is 29.3. The highest BCUT2D eigenvalue weighted by Gasteiger charge is 2.25. The Kier molecular flexibility index (Phi) is 7.14. The molecule has 27 heavy (non-hydrogen) atoms. The van der Waals surface area contributed by atoms with Crippen molar-refractivity contribution in [2.24, 2.45) is 5.73 Å². The van der Waals surface area contributed by atoms with Gasteiger partial charge in [0.15, 0.2) is 0 Å². The highest BCUT2D eigenvalue weighted by molar-refractivity contribution is 9.11. The Hall–Kier alpha value is -2.20. The third-order valence-electron chi connectivity index (χ3n) is 3.53. The van der Waals surface area contributed by atoms with Crippen molar-refractivity contribution in [1.29, 1.82) is 0 Å². The first-order valence-corrected chi connectivity index (χ1v) is 9.26. The van der Waals surface area contributed by atoms with Gasteiger partial charge >= 0.3 is 5.97 Å². The van der Waals surface area contributed by atoms with Crippen LogP contribution in [-0.2, 0) is 4.79 Å². The Morgan fingerprint density at radius 2 is 1.78 bits per heavy atom. The Labute approximate surface area is 171 Å². The molecule has 3 rings (SSSR count). The van der Waals surface area contributed by atoms with Gasteiger partial charge in [0.25, 0.3) is 5.91 Å². The molecule has 0 unspecified atom stereocenters. The van der Waals surface area contributed by atoms with E-state index in [0.29, 0.717) is 37.9 Å². The van der Waals surface area contributed by atoms with Crippen LogP contribution >= 0.6 is 31.9 Å². The molecular weight excluding hydrogens is 484 g/mol. The minimum atomic E-state index is -1.05. The van der Waals surface area contributed by atoms with E-state index in [2.05, 4.69) is 37.2 Å². The lowest BCUT2D eigenvalue weighted by molar-refractivity contribution is -0.110. The molecule has 7 nitrogen and oxygen atoms in total. The van der Waals surface area contributed by atoms with Gasteiger partial charge in [0.1, 0.15) is 5.75 Å². The first-order chi connectivity index (χ1) is 12.8. The lowest BCUT2D eigenvalue weighted by Gasteiger charge is -2.04. The van der Waals surface area contributed by atoms with E-state index in [1.807, 2.05) is 0 Å². The number of aromatic carboxylic acids is 1. The summed E-state index contributed by atoms with van der Waals surface area (Å²) >= 11 is 6.47. The number of benzene rings is 2. The van der Waals surface area contributed by atoms with Gasteiger partial charge in [0.2, 0.25) is 0 Å². The minimum Gasteiger partial charge on any atom is -0.506 e. The second kappa shape index (κ2) is 9.14. The molecule has 0 aliphatic carbocycles. The Morgan fingerprint density at radius 3 is 2.30 bits per heavy atom. The molecule has 0 bridgehead atoms. The van der Waals surface area contributed by atoms with Gasteiger partial charge in [-0.25, -0.2) is 4.79 Å². The van der Waals surface area contributed by atoms with Crippen LogP contribution < -0.4 is 11.1 Å². The molecule has 0 aromatic heterocycles. The average molecular weight is 500 g/mol. The smallest absolute Gasteiger partial charge is 0.335 e.